The van der Waals surface area contributed by atoms with Crippen LogP contribution in [0.5, 0.6) is 0 Å². The Hall–Kier alpha value is -1.30. The summed E-state index contributed by atoms with van der Waals surface area (Å²) < 4.78 is 0. The van der Waals surface area contributed by atoms with Crippen LogP contribution in [-0.4, -0.2) is 71.4 Å². The van der Waals surface area contributed by atoms with Crippen LogP contribution < -0.4 is 5.73 Å². The van der Waals surface area contributed by atoms with E-state index in [0.717, 1.165) is 26.2 Å². The molecule has 1 aliphatic rings. The van der Waals surface area contributed by atoms with Crippen molar-refractivity contribution < 1.29 is 4.79 Å². The summed E-state index contributed by atoms with van der Waals surface area (Å²) in [6, 6.07) is 0.116. The number of piperazine rings is 1. The second kappa shape index (κ2) is 6.23. The molecule has 1 saturated heterocycles. The quantitative estimate of drug-likeness (QED) is 0.585. The third-order valence-corrected chi connectivity index (χ3v) is 4.03. The maximum atomic E-state index is 12.2. The van der Waals surface area contributed by atoms with Crippen LogP contribution >= 0.6 is 0 Å². The van der Waals surface area contributed by atoms with Crippen molar-refractivity contribution in [1.29, 1.82) is 5.41 Å². The van der Waals surface area contributed by atoms with Crippen LogP contribution in [-0.2, 0) is 0 Å². The van der Waals surface area contributed by atoms with Crippen LogP contribution in [0.1, 0.15) is 27.7 Å². The lowest BCUT2D eigenvalue weighted by Crippen LogP contribution is -2.61. The van der Waals surface area contributed by atoms with E-state index in [2.05, 4.69) is 4.90 Å². The molecule has 6 nitrogen and oxygen atoms in total. The number of amidine groups is 1. The van der Waals surface area contributed by atoms with E-state index in [1.165, 1.54) is 0 Å². The summed E-state index contributed by atoms with van der Waals surface area (Å²) in [5, 5.41) is 7.64. The number of hydrogen-bond donors (Lipinski definition) is 2. The molecule has 1 aliphatic heterocycles. The van der Waals surface area contributed by atoms with Gasteiger partial charge in [-0.1, -0.05) is 0 Å². The lowest BCUT2D eigenvalue weighted by atomic mass is 10.0. The van der Waals surface area contributed by atoms with Gasteiger partial charge in [0, 0.05) is 39.3 Å². The SMILES string of the molecule is CCN(CC)C(=O)N1CCN(C(C)(C)C(=N)N)CC1. The number of nitrogens with one attached hydrogen (secondary N) is 1. The van der Waals surface area contributed by atoms with E-state index in [0.29, 0.717) is 13.1 Å². The molecule has 19 heavy (non-hydrogen) atoms. The number of carbonyl (C=O) groups excluding carboxylic acids is 1. The van der Waals surface area contributed by atoms with Crippen molar-refractivity contribution in [2.75, 3.05) is 39.3 Å². The monoisotopic (exact) mass is 269 g/mol. The van der Waals surface area contributed by atoms with Gasteiger partial charge < -0.3 is 15.5 Å². The lowest BCUT2D eigenvalue weighted by molar-refractivity contribution is 0.0835. The number of nitrogens with zero attached hydrogens (tertiary/aromatic N) is 3. The first-order chi connectivity index (χ1) is 8.84. The van der Waals surface area contributed by atoms with Gasteiger partial charge in [0.2, 0.25) is 0 Å². The van der Waals surface area contributed by atoms with Gasteiger partial charge >= 0.3 is 6.03 Å². The van der Waals surface area contributed by atoms with Crippen LogP contribution in [0.15, 0.2) is 0 Å². The average molecular weight is 269 g/mol. The van der Waals surface area contributed by atoms with E-state index in [-0.39, 0.29) is 11.9 Å². The van der Waals surface area contributed by atoms with Gasteiger partial charge in [-0.05, 0) is 27.7 Å². The summed E-state index contributed by atoms with van der Waals surface area (Å²) in [7, 11) is 0. The average Bonchev–Trinajstić information content (AvgIpc) is 2.40. The minimum Gasteiger partial charge on any atom is -0.386 e. The minimum absolute atomic E-state index is 0.116. The third kappa shape index (κ3) is 3.37. The van der Waals surface area contributed by atoms with Crippen molar-refractivity contribution in [2.24, 2.45) is 5.73 Å². The summed E-state index contributed by atoms with van der Waals surface area (Å²) in [5.74, 6) is 0.177. The maximum absolute atomic E-state index is 12.2. The molecule has 6 heteroatoms. The van der Waals surface area contributed by atoms with E-state index in [1.54, 1.807) is 0 Å². The number of urea groups is 1. The number of rotatable bonds is 4. The largest absolute Gasteiger partial charge is 0.386 e. The second-order valence-electron chi connectivity index (χ2n) is 5.40. The molecule has 1 heterocycles. The molecule has 1 fully saturated rings. The van der Waals surface area contributed by atoms with Crippen molar-refractivity contribution >= 4 is 11.9 Å². The fraction of sp³-hybridized carbons (Fsp3) is 0.846. The molecule has 0 unspecified atom stereocenters. The first kappa shape index (κ1) is 15.8. The van der Waals surface area contributed by atoms with Crippen LogP contribution in [0.2, 0.25) is 0 Å². The molecular weight excluding hydrogens is 242 g/mol. The van der Waals surface area contributed by atoms with Crippen LogP contribution in [0, 0.1) is 5.41 Å². The second-order valence-corrected chi connectivity index (χ2v) is 5.40. The molecule has 1 rings (SSSR count). The zero-order valence-corrected chi connectivity index (χ0v) is 12.6. The fourth-order valence-electron chi connectivity index (χ4n) is 2.32. The Kier molecular flexibility index (Phi) is 5.17. The van der Waals surface area contributed by atoms with Crippen molar-refractivity contribution in [1.82, 2.24) is 14.7 Å². The molecule has 2 amide bonds. The molecule has 0 spiro atoms. The Morgan fingerprint density at radius 3 is 2.05 bits per heavy atom. The summed E-state index contributed by atoms with van der Waals surface area (Å²) in [5.41, 5.74) is 5.21. The van der Waals surface area contributed by atoms with Gasteiger partial charge in [-0.25, -0.2) is 4.79 Å². The molecule has 0 bridgehead atoms. The lowest BCUT2D eigenvalue weighted by Gasteiger charge is -2.44. The van der Waals surface area contributed by atoms with Crippen molar-refractivity contribution in [3.8, 4) is 0 Å². The first-order valence-electron chi connectivity index (χ1n) is 6.98. The van der Waals surface area contributed by atoms with Crippen LogP contribution in [0.25, 0.3) is 0 Å². The normalized spacial score (nSPS) is 17.4. The minimum atomic E-state index is -0.426. The summed E-state index contributed by atoms with van der Waals surface area (Å²) in [4.78, 5) is 18.1. The molecule has 0 radical (unpaired) electrons. The Labute approximate surface area is 116 Å². The Bertz CT molecular complexity index is 330. The van der Waals surface area contributed by atoms with Gasteiger partial charge in [-0.2, -0.15) is 0 Å². The molecule has 0 saturated carbocycles. The Morgan fingerprint density at radius 1 is 1.21 bits per heavy atom. The van der Waals surface area contributed by atoms with Gasteiger partial charge in [-0.15, -0.1) is 0 Å². The van der Waals surface area contributed by atoms with E-state index in [4.69, 9.17) is 11.1 Å². The highest BCUT2D eigenvalue weighted by Gasteiger charge is 2.34. The van der Waals surface area contributed by atoms with Crippen LogP contribution in [0.3, 0.4) is 0 Å². The van der Waals surface area contributed by atoms with E-state index in [9.17, 15) is 4.79 Å². The highest BCUT2D eigenvalue weighted by Crippen LogP contribution is 2.17. The maximum Gasteiger partial charge on any atom is 0.320 e. The Balaban J connectivity index is 2.58. The highest BCUT2D eigenvalue weighted by molar-refractivity contribution is 5.86. The molecule has 0 aromatic heterocycles. The number of amides is 2. The van der Waals surface area contributed by atoms with E-state index >= 15 is 0 Å². The molecule has 0 aromatic rings. The fourth-order valence-corrected chi connectivity index (χ4v) is 2.32. The summed E-state index contributed by atoms with van der Waals surface area (Å²) in [6.45, 7) is 12.3. The predicted octanol–water partition coefficient (Wildman–Crippen LogP) is 0.780. The predicted molar refractivity (Wildman–Crippen MR) is 77.5 cm³/mol. The molecule has 0 atom stereocenters. The van der Waals surface area contributed by atoms with Gasteiger partial charge in [0.25, 0.3) is 0 Å². The van der Waals surface area contributed by atoms with Crippen molar-refractivity contribution in [3.63, 3.8) is 0 Å². The first-order valence-corrected chi connectivity index (χ1v) is 6.98. The van der Waals surface area contributed by atoms with Gasteiger partial charge in [0.15, 0.2) is 0 Å². The molecule has 3 N–H and O–H groups in total. The molecule has 0 aromatic carbocycles. The molecular formula is C13H27N5O. The van der Waals surface area contributed by atoms with E-state index < -0.39 is 5.54 Å². The standard InChI is InChI=1S/C13H27N5O/c1-5-16(6-2)12(19)17-7-9-18(10-8-17)13(3,4)11(14)15/h5-10H2,1-4H3,(H3,14,15). The topological polar surface area (TPSA) is 76.7 Å². The molecule has 110 valence electrons. The third-order valence-electron chi connectivity index (χ3n) is 4.03. The summed E-state index contributed by atoms with van der Waals surface area (Å²) >= 11 is 0. The highest BCUT2D eigenvalue weighted by atomic mass is 16.2. The van der Waals surface area contributed by atoms with Crippen molar-refractivity contribution in [3.05, 3.63) is 0 Å². The summed E-state index contributed by atoms with van der Waals surface area (Å²) in [6.07, 6.45) is 0. The number of hydrogen-bond acceptors (Lipinski definition) is 3. The zero-order chi connectivity index (χ0) is 14.6. The molecule has 0 aliphatic carbocycles. The zero-order valence-electron chi connectivity index (χ0n) is 12.6. The number of carbonyl (C=O) groups is 1. The smallest absolute Gasteiger partial charge is 0.320 e. The van der Waals surface area contributed by atoms with Crippen molar-refractivity contribution in [2.45, 2.75) is 33.2 Å². The van der Waals surface area contributed by atoms with Crippen LogP contribution in [0.4, 0.5) is 4.79 Å². The van der Waals surface area contributed by atoms with Gasteiger partial charge in [-0.3, -0.25) is 10.3 Å². The van der Waals surface area contributed by atoms with Gasteiger partial charge in [0.1, 0.15) is 5.84 Å². The van der Waals surface area contributed by atoms with E-state index in [1.807, 2.05) is 37.5 Å². The Morgan fingerprint density at radius 2 is 1.68 bits per heavy atom. The number of nitrogens with two attached hydrogens (primary N) is 1. The van der Waals surface area contributed by atoms with Gasteiger partial charge in [0.05, 0.1) is 5.54 Å².